The van der Waals surface area contributed by atoms with Gasteiger partial charge in [0.15, 0.2) is 0 Å². The summed E-state index contributed by atoms with van der Waals surface area (Å²) in [6.07, 6.45) is 3.22. The third kappa shape index (κ3) is 2.55. The Morgan fingerprint density at radius 1 is 1.57 bits per heavy atom. The SMILES string of the molecule is FC(Cc1cccs1)C1CCCCN1. The van der Waals surface area contributed by atoms with Crippen LogP contribution in [0.15, 0.2) is 17.5 Å². The van der Waals surface area contributed by atoms with Crippen LogP contribution in [-0.2, 0) is 6.42 Å². The summed E-state index contributed by atoms with van der Waals surface area (Å²) in [4.78, 5) is 1.16. The lowest BCUT2D eigenvalue weighted by Gasteiger charge is -2.26. The number of hydrogen-bond acceptors (Lipinski definition) is 2. The molecule has 0 saturated carbocycles. The molecule has 2 rings (SSSR count). The fourth-order valence-corrected chi connectivity index (χ4v) is 2.70. The lowest BCUT2D eigenvalue weighted by molar-refractivity contribution is 0.218. The zero-order chi connectivity index (χ0) is 9.80. The van der Waals surface area contributed by atoms with Gasteiger partial charge in [0.05, 0.1) is 0 Å². The van der Waals surface area contributed by atoms with E-state index in [1.165, 1.54) is 12.8 Å². The summed E-state index contributed by atoms with van der Waals surface area (Å²) in [5.41, 5.74) is 0. The topological polar surface area (TPSA) is 12.0 Å². The number of nitrogens with one attached hydrogen (secondary N) is 1. The van der Waals surface area contributed by atoms with E-state index in [-0.39, 0.29) is 6.04 Å². The summed E-state index contributed by atoms with van der Waals surface area (Å²) >= 11 is 1.65. The van der Waals surface area contributed by atoms with Crippen LogP contribution >= 0.6 is 11.3 Å². The molecule has 0 bridgehead atoms. The Morgan fingerprint density at radius 2 is 2.50 bits per heavy atom. The van der Waals surface area contributed by atoms with E-state index in [0.717, 1.165) is 17.8 Å². The maximum absolute atomic E-state index is 13.8. The number of thiophene rings is 1. The molecule has 1 nitrogen and oxygen atoms in total. The maximum Gasteiger partial charge on any atom is 0.120 e. The molecule has 0 radical (unpaired) electrons. The van der Waals surface area contributed by atoms with E-state index in [0.29, 0.717) is 6.42 Å². The van der Waals surface area contributed by atoms with Gasteiger partial charge in [-0.2, -0.15) is 0 Å². The van der Waals surface area contributed by atoms with Crippen molar-refractivity contribution in [1.29, 1.82) is 0 Å². The lowest BCUT2D eigenvalue weighted by Crippen LogP contribution is -2.41. The summed E-state index contributed by atoms with van der Waals surface area (Å²) in [6.45, 7) is 0.982. The van der Waals surface area contributed by atoms with Gasteiger partial charge in [0.1, 0.15) is 6.17 Å². The van der Waals surface area contributed by atoms with E-state index in [1.807, 2.05) is 17.5 Å². The first-order valence-electron chi connectivity index (χ1n) is 5.26. The highest BCUT2D eigenvalue weighted by atomic mass is 32.1. The third-order valence-corrected chi connectivity index (χ3v) is 3.66. The van der Waals surface area contributed by atoms with Gasteiger partial charge in [-0.15, -0.1) is 11.3 Å². The molecule has 0 aromatic carbocycles. The summed E-state index contributed by atoms with van der Waals surface area (Å²) in [5, 5.41) is 5.27. The highest BCUT2D eigenvalue weighted by Gasteiger charge is 2.22. The van der Waals surface area contributed by atoms with Gasteiger partial charge >= 0.3 is 0 Å². The molecule has 1 aliphatic rings. The van der Waals surface area contributed by atoms with E-state index in [1.54, 1.807) is 11.3 Å². The van der Waals surface area contributed by atoms with E-state index in [4.69, 9.17) is 0 Å². The minimum absolute atomic E-state index is 0.0888. The van der Waals surface area contributed by atoms with Gasteiger partial charge in [0.25, 0.3) is 0 Å². The van der Waals surface area contributed by atoms with Crippen LogP contribution in [-0.4, -0.2) is 18.8 Å². The fraction of sp³-hybridized carbons (Fsp3) is 0.636. The van der Waals surface area contributed by atoms with Crippen LogP contribution in [0.25, 0.3) is 0 Å². The van der Waals surface area contributed by atoms with Crippen LogP contribution in [0, 0.1) is 0 Å². The quantitative estimate of drug-likeness (QED) is 0.814. The Bertz CT molecular complexity index is 254. The molecule has 1 fully saturated rings. The summed E-state index contributed by atoms with van der Waals surface area (Å²) < 4.78 is 13.8. The number of rotatable bonds is 3. The molecule has 3 heteroatoms. The van der Waals surface area contributed by atoms with Crippen molar-refractivity contribution in [2.45, 2.75) is 37.9 Å². The second kappa shape index (κ2) is 4.89. The van der Waals surface area contributed by atoms with E-state index in [2.05, 4.69) is 5.32 Å². The predicted molar refractivity (Wildman–Crippen MR) is 58.6 cm³/mol. The van der Waals surface area contributed by atoms with Crippen molar-refractivity contribution in [3.63, 3.8) is 0 Å². The first-order valence-corrected chi connectivity index (χ1v) is 6.14. The molecule has 1 aromatic rings. The van der Waals surface area contributed by atoms with Gasteiger partial charge in [-0.25, -0.2) is 4.39 Å². The Hall–Kier alpha value is -0.410. The first kappa shape index (κ1) is 10.1. The number of halogens is 1. The Balaban J connectivity index is 1.85. The molecule has 0 aliphatic carbocycles. The van der Waals surface area contributed by atoms with Crippen molar-refractivity contribution >= 4 is 11.3 Å². The number of hydrogen-bond donors (Lipinski definition) is 1. The summed E-state index contributed by atoms with van der Waals surface area (Å²) in [7, 11) is 0. The minimum Gasteiger partial charge on any atom is -0.311 e. The molecule has 2 atom stereocenters. The lowest BCUT2D eigenvalue weighted by atomic mass is 9.98. The van der Waals surface area contributed by atoms with E-state index in [9.17, 15) is 4.39 Å². The van der Waals surface area contributed by atoms with Crippen molar-refractivity contribution in [2.75, 3.05) is 6.54 Å². The minimum atomic E-state index is -0.714. The summed E-state index contributed by atoms with van der Waals surface area (Å²) in [5.74, 6) is 0. The predicted octanol–water partition coefficient (Wildman–Crippen LogP) is 2.77. The Morgan fingerprint density at radius 3 is 3.14 bits per heavy atom. The Kier molecular flexibility index (Phi) is 3.54. The standard InChI is InChI=1S/C11H16FNS/c12-10(8-9-4-3-7-14-9)11-5-1-2-6-13-11/h3-4,7,10-11,13H,1-2,5-6,8H2. The zero-order valence-electron chi connectivity index (χ0n) is 8.21. The van der Waals surface area contributed by atoms with Crippen molar-refractivity contribution in [3.05, 3.63) is 22.4 Å². The van der Waals surface area contributed by atoms with Crippen LogP contribution in [0.2, 0.25) is 0 Å². The van der Waals surface area contributed by atoms with Crippen LogP contribution in [0.1, 0.15) is 24.1 Å². The molecule has 1 N–H and O–H groups in total. The smallest absolute Gasteiger partial charge is 0.120 e. The van der Waals surface area contributed by atoms with Gasteiger partial charge in [-0.3, -0.25) is 0 Å². The van der Waals surface area contributed by atoms with Crippen LogP contribution < -0.4 is 5.32 Å². The van der Waals surface area contributed by atoms with Crippen molar-refractivity contribution in [1.82, 2.24) is 5.32 Å². The second-order valence-electron chi connectivity index (χ2n) is 3.86. The second-order valence-corrected chi connectivity index (χ2v) is 4.89. The van der Waals surface area contributed by atoms with Crippen LogP contribution in [0.3, 0.4) is 0 Å². The molecular weight excluding hydrogens is 197 g/mol. The molecule has 0 amide bonds. The molecule has 2 unspecified atom stereocenters. The average molecular weight is 213 g/mol. The van der Waals surface area contributed by atoms with Gasteiger partial charge in [0.2, 0.25) is 0 Å². The monoisotopic (exact) mass is 213 g/mol. The Labute approximate surface area is 88.3 Å². The van der Waals surface area contributed by atoms with Gasteiger partial charge in [-0.05, 0) is 30.8 Å². The van der Waals surface area contributed by atoms with Gasteiger partial charge in [-0.1, -0.05) is 12.5 Å². The van der Waals surface area contributed by atoms with Gasteiger partial charge in [0, 0.05) is 17.3 Å². The molecule has 78 valence electrons. The first-order chi connectivity index (χ1) is 6.86. The van der Waals surface area contributed by atoms with Crippen LogP contribution in [0.5, 0.6) is 0 Å². The van der Waals surface area contributed by atoms with Crippen molar-refractivity contribution in [2.24, 2.45) is 0 Å². The molecule has 2 heterocycles. The highest BCUT2D eigenvalue weighted by Crippen LogP contribution is 2.19. The molecular formula is C11H16FNS. The normalized spacial score (nSPS) is 24.8. The zero-order valence-corrected chi connectivity index (χ0v) is 9.02. The fourth-order valence-electron chi connectivity index (χ4n) is 1.95. The molecule has 0 spiro atoms. The number of piperidine rings is 1. The largest absolute Gasteiger partial charge is 0.311 e. The molecule has 1 saturated heterocycles. The van der Waals surface area contributed by atoms with Crippen molar-refractivity contribution < 1.29 is 4.39 Å². The molecule has 1 aromatic heterocycles. The van der Waals surface area contributed by atoms with Gasteiger partial charge < -0.3 is 5.32 Å². The average Bonchev–Trinajstić information content (AvgIpc) is 2.72. The molecule has 14 heavy (non-hydrogen) atoms. The highest BCUT2D eigenvalue weighted by molar-refractivity contribution is 7.09. The third-order valence-electron chi connectivity index (χ3n) is 2.76. The number of alkyl halides is 1. The molecule has 1 aliphatic heterocycles. The van der Waals surface area contributed by atoms with E-state index < -0.39 is 6.17 Å². The van der Waals surface area contributed by atoms with E-state index >= 15 is 0 Å². The summed E-state index contributed by atoms with van der Waals surface area (Å²) in [6, 6.07) is 4.09. The van der Waals surface area contributed by atoms with Crippen LogP contribution in [0.4, 0.5) is 4.39 Å². The maximum atomic E-state index is 13.8. The van der Waals surface area contributed by atoms with Crippen molar-refractivity contribution in [3.8, 4) is 0 Å².